The largest absolute Gasteiger partial charge is 0.474 e. The summed E-state index contributed by atoms with van der Waals surface area (Å²) >= 11 is 11.9. The van der Waals surface area contributed by atoms with Crippen molar-refractivity contribution >= 4 is 40.5 Å². The molecule has 2 aliphatic rings. The summed E-state index contributed by atoms with van der Waals surface area (Å²) in [5.74, 6) is 0.996. The van der Waals surface area contributed by atoms with Gasteiger partial charge in [0.25, 0.3) is 5.91 Å². The summed E-state index contributed by atoms with van der Waals surface area (Å²) in [4.78, 5) is 25.4. The summed E-state index contributed by atoms with van der Waals surface area (Å²) < 4.78 is 12.0. The topological polar surface area (TPSA) is 112 Å². The predicted molar refractivity (Wildman–Crippen MR) is 187 cm³/mol. The van der Waals surface area contributed by atoms with E-state index in [1.54, 1.807) is 30.9 Å². The zero-order valence-electron chi connectivity index (χ0n) is 26.0. The number of hydrogen-bond acceptors (Lipinski definition) is 7. The molecule has 3 aromatic heterocycles. The maximum absolute atomic E-state index is 12.5. The van der Waals surface area contributed by atoms with Crippen LogP contribution in [-0.2, 0) is 0 Å². The number of nitrogens with two attached hydrogens (primary N) is 1. The molecule has 7 rings (SSSR count). The van der Waals surface area contributed by atoms with Gasteiger partial charge in [-0.3, -0.25) is 9.78 Å². The maximum Gasteiger partial charge on any atom is 0.257 e. The molecule has 0 radical (unpaired) electrons. The van der Waals surface area contributed by atoms with Gasteiger partial charge in [-0.1, -0.05) is 47.5 Å². The average molecular weight is 669 g/mol. The highest BCUT2D eigenvalue weighted by Crippen LogP contribution is 2.36. The molecule has 2 aliphatic carbocycles. The number of aromatic nitrogens is 3. The Bertz CT molecular complexity index is 1840. The lowest BCUT2D eigenvalue weighted by Gasteiger charge is -2.27. The number of nitrogen functional groups attached to an aromatic ring is 1. The number of benzene rings is 2. The summed E-state index contributed by atoms with van der Waals surface area (Å²) in [7, 11) is 0. The lowest BCUT2D eigenvalue weighted by atomic mass is 9.96. The van der Waals surface area contributed by atoms with Crippen molar-refractivity contribution in [1.82, 2.24) is 15.0 Å². The third kappa shape index (κ3) is 8.39. The first-order valence-electron chi connectivity index (χ1n) is 15.6. The van der Waals surface area contributed by atoms with Gasteiger partial charge in [0.15, 0.2) is 0 Å². The fourth-order valence-corrected chi connectivity index (χ4v) is 5.28. The molecule has 2 fully saturated rings. The van der Waals surface area contributed by atoms with Crippen molar-refractivity contribution in [3.8, 4) is 34.0 Å². The Balaban J connectivity index is 0.000000177. The van der Waals surface area contributed by atoms with E-state index in [9.17, 15) is 4.79 Å². The van der Waals surface area contributed by atoms with E-state index in [1.807, 2.05) is 67.6 Å². The Morgan fingerprint density at radius 3 is 1.79 bits per heavy atom. The van der Waals surface area contributed by atoms with Crippen LogP contribution in [0, 0.1) is 6.92 Å². The monoisotopic (exact) mass is 667 g/mol. The summed E-state index contributed by atoms with van der Waals surface area (Å²) in [6, 6.07) is 20.7. The van der Waals surface area contributed by atoms with Crippen LogP contribution in [-0.4, -0.2) is 33.1 Å². The summed E-state index contributed by atoms with van der Waals surface area (Å²) in [5.41, 5.74) is 12.2. The van der Waals surface area contributed by atoms with Gasteiger partial charge >= 0.3 is 0 Å². The minimum atomic E-state index is -0.229. The zero-order valence-corrected chi connectivity index (χ0v) is 27.5. The molecule has 47 heavy (non-hydrogen) atoms. The van der Waals surface area contributed by atoms with E-state index < -0.39 is 0 Å². The molecular weight excluding hydrogens is 633 g/mol. The van der Waals surface area contributed by atoms with Gasteiger partial charge in [0.1, 0.15) is 12.2 Å². The second-order valence-corrected chi connectivity index (χ2v) is 12.6. The number of carbonyl (C=O) groups is 1. The number of pyridine rings is 3. The van der Waals surface area contributed by atoms with Crippen molar-refractivity contribution in [3.63, 3.8) is 0 Å². The van der Waals surface area contributed by atoms with Crippen molar-refractivity contribution in [2.75, 3.05) is 11.1 Å². The van der Waals surface area contributed by atoms with Crippen LogP contribution in [0.5, 0.6) is 11.8 Å². The molecule has 0 spiro atoms. The van der Waals surface area contributed by atoms with Crippen molar-refractivity contribution < 1.29 is 14.3 Å². The Morgan fingerprint density at radius 1 is 0.745 bits per heavy atom. The fraction of sp³-hybridized carbons (Fsp3) is 0.243. The number of aryl methyl sites for hydroxylation is 1. The van der Waals surface area contributed by atoms with Crippen molar-refractivity contribution in [2.24, 2.45) is 0 Å². The molecule has 0 aliphatic heterocycles. The van der Waals surface area contributed by atoms with Crippen LogP contribution in [0.4, 0.5) is 11.4 Å². The van der Waals surface area contributed by atoms with Gasteiger partial charge in [-0.25, -0.2) is 9.97 Å². The van der Waals surface area contributed by atoms with Gasteiger partial charge in [0, 0.05) is 33.6 Å². The minimum Gasteiger partial charge on any atom is -0.474 e. The maximum atomic E-state index is 12.5. The molecule has 1 amide bonds. The molecule has 0 saturated heterocycles. The number of halogens is 2. The quantitative estimate of drug-likeness (QED) is 0.170. The number of carbonyl (C=O) groups excluding carboxylic acids is 1. The van der Waals surface area contributed by atoms with E-state index in [0.29, 0.717) is 44.8 Å². The Kier molecular flexibility index (Phi) is 10.2. The Hall–Kier alpha value is -4.66. The Morgan fingerprint density at radius 2 is 1.28 bits per heavy atom. The summed E-state index contributed by atoms with van der Waals surface area (Å²) in [6.07, 6.45) is 13.7. The summed E-state index contributed by atoms with van der Waals surface area (Å²) in [5, 5.41) is 4.26. The van der Waals surface area contributed by atoms with Gasteiger partial charge in [0.05, 0.1) is 29.3 Å². The van der Waals surface area contributed by atoms with Gasteiger partial charge < -0.3 is 20.5 Å². The molecule has 3 heterocycles. The van der Waals surface area contributed by atoms with E-state index in [4.69, 9.17) is 38.4 Å². The molecule has 3 N–H and O–H groups in total. The number of anilines is 2. The standard InChI is InChI=1S/C22H20ClN3O2.C15H15ClN2O/c1-14-9-16(12-24-11-14)21(27)26-18-10-20(15-5-7-17(23)8-6-15)22(25-13-18)28-19-3-2-4-19;16-11-6-4-10(5-7-11)14-8-12(17)9-18-15(14)19-13-2-1-3-13/h5-13,19H,2-4H2,1H3,(H,26,27);4-9,13H,1-3,17H2. The average Bonchev–Trinajstić information content (AvgIpc) is 3.03. The molecule has 2 aromatic carbocycles. The molecule has 0 unspecified atom stereocenters. The third-order valence-corrected chi connectivity index (χ3v) is 8.59. The van der Waals surface area contributed by atoms with Crippen LogP contribution in [0.3, 0.4) is 0 Å². The normalized spacial score (nSPS) is 14.2. The smallest absolute Gasteiger partial charge is 0.257 e. The molecular formula is C37H35Cl2N5O3. The number of hydrogen-bond donors (Lipinski definition) is 2. The first-order valence-corrected chi connectivity index (χ1v) is 16.4. The van der Waals surface area contributed by atoms with E-state index in [2.05, 4.69) is 20.3 Å². The molecule has 0 atom stereocenters. The van der Waals surface area contributed by atoms with Gasteiger partial charge in [-0.2, -0.15) is 0 Å². The van der Waals surface area contributed by atoms with Crippen LogP contribution in [0.1, 0.15) is 54.4 Å². The number of nitrogens with one attached hydrogen (secondary N) is 1. The highest BCUT2D eigenvalue weighted by Gasteiger charge is 2.23. The minimum absolute atomic E-state index is 0.206. The molecule has 10 heteroatoms. The first kappa shape index (κ1) is 32.3. The van der Waals surface area contributed by atoms with E-state index >= 15 is 0 Å². The van der Waals surface area contributed by atoms with Crippen LogP contribution < -0.4 is 20.5 Å². The van der Waals surface area contributed by atoms with Crippen LogP contribution in [0.15, 0.2) is 91.5 Å². The van der Waals surface area contributed by atoms with Crippen molar-refractivity contribution in [3.05, 3.63) is 113 Å². The lowest BCUT2D eigenvalue weighted by molar-refractivity contribution is 0.102. The predicted octanol–water partition coefficient (Wildman–Crippen LogP) is 9.20. The number of nitrogens with zero attached hydrogens (tertiary/aromatic N) is 3. The lowest BCUT2D eigenvalue weighted by Crippen LogP contribution is -2.25. The molecule has 2 saturated carbocycles. The van der Waals surface area contributed by atoms with Crippen LogP contribution in [0.25, 0.3) is 22.3 Å². The third-order valence-electron chi connectivity index (χ3n) is 8.09. The number of rotatable bonds is 8. The molecule has 240 valence electrons. The van der Waals surface area contributed by atoms with Gasteiger partial charge in [-0.15, -0.1) is 0 Å². The van der Waals surface area contributed by atoms with Crippen LogP contribution >= 0.6 is 23.2 Å². The van der Waals surface area contributed by atoms with E-state index in [-0.39, 0.29) is 12.0 Å². The van der Waals surface area contributed by atoms with Gasteiger partial charge in [-0.05, 0) is 105 Å². The molecule has 5 aromatic rings. The van der Waals surface area contributed by atoms with E-state index in [0.717, 1.165) is 53.5 Å². The second kappa shape index (κ2) is 14.8. The second-order valence-electron chi connectivity index (χ2n) is 11.8. The van der Waals surface area contributed by atoms with Crippen molar-refractivity contribution in [2.45, 2.75) is 57.7 Å². The SMILES string of the molecule is Cc1cncc(C(=O)Nc2cnc(OC3CCC3)c(-c3ccc(Cl)cc3)c2)c1.Nc1cnc(OC2CCC2)c(-c2ccc(Cl)cc2)c1. The van der Waals surface area contributed by atoms with Crippen LogP contribution in [0.2, 0.25) is 10.0 Å². The molecule has 0 bridgehead atoms. The molecule has 8 nitrogen and oxygen atoms in total. The number of ether oxygens (including phenoxy) is 2. The Labute approximate surface area is 284 Å². The highest BCUT2D eigenvalue weighted by atomic mass is 35.5. The van der Waals surface area contributed by atoms with Crippen molar-refractivity contribution in [1.29, 1.82) is 0 Å². The fourth-order valence-electron chi connectivity index (χ4n) is 5.02. The van der Waals surface area contributed by atoms with E-state index in [1.165, 1.54) is 12.8 Å². The summed E-state index contributed by atoms with van der Waals surface area (Å²) in [6.45, 7) is 1.90. The number of amides is 1. The highest BCUT2D eigenvalue weighted by molar-refractivity contribution is 6.31. The first-order chi connectivity index (χ1) is 22.8. The van der Waals surface area contributed by atoms with Gasteiger partial charge in [0.2, 0.25) is 11.8 Å². The zero-order chi connectivity index (χ0) is 32.8.